The molecule has 32 heteroatoms. The van der Waals surface area contributed by atoms with E-state index in [4.69, 9.17) is 34.5 Å². The van der Waals surface area contributed by atoms with E-state index in [1.807, 2.05) is 42.5 Å². The number of carbonyl (C=O) groups excluding carboxylic acids is 12. The highest BCUT2D eigenvalue weighted by Gasteiger charge is 2.41. The van der Waals surface area contributed by atoms with Crippen LogP contribution in [0.1, 0.15) is 94.9 Å². The minimum atomic E-state index is -1.84. The molecule has 2 heterocycles. The third-order valence-corrected chi connectivity index (χ3v) is 17.4. The lowest BCUT2D eigenvalue weighted by Crippen LogP contribution is -2.62. The zero-order valence-electron chi connectivity index (χ0n) is 58.2. The number of pyridine rings is 1. The van der Waals surface area contributed by atoms with Gasteiger partial charge in [0.15, 0.2) is 5.96 Å². The van der Waals surface area contributed by atoms with Crippen LogP contribution in [0.2, 0.25) is 5.02 Å². The largest absolute Gasteiger partial charge is 0.508 e. The number of halogens is 1. The molecule has 554 valence electrons. The predicted molar refractivity (Wildman–Crippen MR) is 383 cm³/mol. The van der Waals surface area contributed by atoms with E-state index < -0.39 is 138 Å². The summed E-state index contributed by atoms with van der Waals surface area (Å²) in [5, 5.41) is 47.3. The summed E-state index contributed by atoms with van der Waals surface area (Å²) in [4.78, 5) is 178. The molecule has 1 saturated heterocycles. The van der Waals surface area contributed by atoms with Crippen LogP contribution in [0.15, 0.2) is 121 Å². The Hall–Kier alpha value is -10.9. The summed E-state index contributed by atoms with van der Waals surface area (Å²) < 4.78 is 0. The zero-order valence-corrected chi connectivity index (χ0v) is 59.0. The van der Waals surface area contributed by atoms with Crippen LogP contribution in [0.25, 0.3) is 10.8 Å². The Kier molecular flexibility index (Phi) is 31.4. The minimum Gasteiger partial charge on any atom is -0.508 e. The summed E-state index contributed by atoms with van der Waals surface area (Å²) in [5.41, 5.74) is 23.9. The Labute approximate surface area is 601 Å². The van der Waals surface area contributed by atoms with Crippen LogP contribution in [0.3, 0.4) is 0 Å². The van der Waals surface area contributed by atoms with Crippen molar-refractivity contribution in [2.45, 2.75) is 159 Å². The number of primary amides is 2. The number of aliphatic hydroxyl groups excluding tert-OH is 1. The van der Waals surface area contributed by atoms with Crippen molar-refractivity contribution in [1.82, 2.24) is 62.6 Å². The molecular formula is C71H94ClN17O14. The van der Waals surface area contributed by atoms with Crippen LogP contribution < -0.4 is 70.8 Å². The lowest BCUT2D eigenvalue weighted by molar-refractivity contribution is -0.144. The van der Waals surface area contributed by atoms with Crippen LogP contribution in [0.5, 0.6) is 5.75 Å². The number of amides is 13. The molecule has 19 N–H and O–H groups in total. The standard InChI is InChI=1S/C71H94ClN17O14/c1-40(2)32-53(62(95)83-52(16-10-29-78-70(74)75)69(102)89-31-11-17-58(89)66(99)80-41(3)60(73)93)84-61(94)51(15-9-30-79-71(76)103)82-67(100)59(37-44-21-26-50(92)27-22-44)88(5)68(101)57(39-90)87-65(98)56(36-46-12-8-28-77-38-46)86-64(97)55(34-43-19-24-49(72)25-20-43)85-63(96)54(81-42(4)91)35-45-18-23-47-13-6-7-14-48(47)33-45/h6-8,12-14,18-28,33,38,40-41,51-59,90,92H,9-11,15-17,29-32,34-37,39H2,1-5H3,(H2,73,93)(H,80,99)(H,81,91)(H,82,100)(H,83,95)(H,84,94)(H,85,96)(H,86,97)(H,87,98)(H4,74,75,78)(H3,76,79,103)/t41-,51-,52-,53-,54-,55-,56-,57-,58+,59-/m0/s1. The summed E-state index contributed by atoms with van der Waals surface area (Å²) in [7, 11) is 1.21. The fraction of sp³-hybridized carbons (Fsp3) is 0.437. The normalized spacial score (nSPS) is 15.2. The van der Waals surface area contributed by atoms with Gasteiger partial charge in [0.25, 0.3) is 0 Å². The molecule has 0 saturated carbocycles. The Bertz CT molecular complexity index is 3810. The lowest BCUT2D eigenvalue weighted by Gasteiger charge is -2.33. The number of aliphatic imine (C=N–C) groups is 1. The monoisotopic (exact) mass is 1440 g/mol. The van der Waals surface area contributed by atoms with Crippen molar-refractivity contribution in [3.63, 3.8) is 0 Å². The molecule has 6 rings (SSSR count). The molecule has 0 spiro atoms. The van der Waals surface area contributed by atoms with E-state index in [9.17, 15) is 63.0 Å². The number of benzene rings is 4. The van der Waals surface area contributed by atoms with Crippen LogP contribution >= 0.6 is 11.6 Å². The number of aromatic nitrogens is 1. The first-order chi connectivity index (χ1) is 49.0. The number of hydrogen-bond acceptors (Lipinski definition) is 16. The van der Waals surface area contributed by atoms with E-state index in [0.29, 0.717) is 33.7 Å². The van der Waals surface area contributed by atoms with Gasteiger partial charge in [0.05, 0.1) is 6.61 Å². The maximum Gasteiger partial charge on any atom is 0.312 e. The number of carbonyl (C=O) groups is 12. The number of hydrogen-bond donors (Lipinski definition) is 15. The molecular weight excluding hydrogens is 1350 g/mol. The van der Waals surface area contributed by atoms with Gasteiger partial charge in [-0.3, -0.25) is 62.7 Å². The molecule has 0 aliphatic carbocycles. The van der Waals surface area contributed by atoms with Crippen LogP contribution in [-0.4, -0.2) is 196 Å². The molecule has 4 aromatic carbocycles. The predicted octanol–water partition coefficient (Wildman–Crippen LogP) is -0.374. The number of nitrogens with zero attached hydrogens (tertiary/aromatic N) is 4. The second-order valence-corrected chi connectivity index (χ2v) is 26.2. The average molecular weight is 1450 g/mol. The Morgan fingerprint density at radius 3 is 1.76 bits per heavy atom. The molecule has 1 aliphatic rings. The summed E-state index contributed by atoms with van der Waals surface area (Å²) in [6, 6.07) is 13.6. The molecule has 1 aromatic heterocycles. The van der Waals surface area contributed by atoms with Crippen LogP contribution in [-0.2, 0) is 78.4 Å². The van der Waals surface area contributed by atoms with Crippen molar-refractivity contribution in [3.8, 4) is 5.75 Å². The quantitative estimate of drug-likeness (QED) is 0.0136. The first-order valence-electron chi connectivity index (χ1n) is 33.8. The highest BCUT2D eigenvalue weighted by molar-refractivity contribution is 6.30. The third kappa shape index (κ3) is 25.9. The van der Waals surface area contributed by atoms with Gasteiger partial charge in [0.1, 0.15) is 66.2 Å². The van der Waals surface area contributed by atoms with Gasteiger partial charge in [-0.05, 0) is 121 Å². The summed E-state index contributed by atoms with van der Waals surface area (Å²) in [6.07, 6.45) is 2.75. The molecule has 13 amide bonds. The molecule has 0 bridgehead atoms. The number of likely N-dealkylation sites (tertiary alicyclic amines) is 1. The number of aromatic hydroxyl groups is 1. The zero-order chi connectivity index (χ0) is 75.4. The molecule has 10 atom stereocenters. The first-order valence-corrected chi connectivity index (χ1v) is 34.2. The van der Waals surface area contributed by atoms with E-state index in [1.165, 1.54) is 62.5 Å². The second-order valence-electron chi connectivity index (χ2n) is 25.8. The van der Waals surface area contributed by atoms with Crippen molar-refractivity contribution in [1.29, 1.82) is 0 Å². The SMILES string of the molecule is CC(=O)N[C@@H](Cc1ccc2ccccc2c1)C(=O)N[C@@H](Cc1ccc(Cl)cc1)C(=O)N[C@@H](Cc1cccnc1)C(=O)N[C@@H](CO)C(=O)N(C)[C@@H](Cc1ccc(O)cc1)C(=O)N[C@@H](CCCNC(N)=O)C(=O)N[C@@H](CC(C)C)C(=O)N[C@@H](CCCN=C(N)N)C(=O)N1CCC[C@@H]1C(=O)N[C@@H](C)C(N)=O. The first kappa shape index (κ1) is 81.0. The van der Waals surface area contributed by atoms with Crippen LogP contribution in [0.4, 0.5) is 4.79 Å². The van der Waals surface area contributed by atoms with Gasteiger partial charge in [0, 0.05) is 76.7 Å². The Morgan fingerprint density at radius 1 is 0.612 bits per heavy atom. The topological polar surface area (TPSA) is 489 Å². The number of fused-ring (bicyclic) bond motifs is 1. The van der Waals surface area contributed by atoms with Crippen molar-refractivity contribution in [2.24, 2.45) is 33.8 Å². The molecule has 1 aliphatic heterocycles. The van der Waals surface area contributed by atoms with E-state index in [-0.39, 0.29) is 101 Å². The average Bonchev–Trinajstić information content (AvgIpc) is 1.82. The van der Waals surface area contributed by atoms with Gasteiger partial charge >= 0.3 is 6.03 Å². The van der Waals surface area contributed by atoms with Gasteiger partial charge in [-0.15, -0.1) is 0 Å². The molecule has 1 fully saturated rings. The van der Waals surface area contributed by atoms with E-state index in [2.05, 4.69) is 57.8 Å². The van der Waals surface area contributed by atoms with Gasteiger partial charge in [-0.1, -0.05) is 98.2 Å². The molecule has 0 radical (unpaired) electrons. The highest BCUT2D eigenvalue weighted by atomic mass is 35.5. The smallest absolute Gasteiger partial charge is 0.312 e. The number of likely N-dealkylation sites (N-methyl/N-ethyl adjacent to an activating group) is 1. The van der Waals surface area contributed by atoms with E-state index in [0.717, 1.165) is 15.7 Å². The summed E-state index contributed by atoms with van der Waals surface area (Å²) in [6.45, 7) is 5.18. The number of phenolic OH excluding ortho intramolecular Hbond substituents is 1. The van der Waals surface area contributed by atoms with Crippen molar-refractivity contribution >= 4 is 99.3 Å². The fourth-order valence-electron chi connectivity index (χ4n) is 11.7. The Balaban J connectivity index is 1.27. The summed E-state index contributed by atoms with van der Waals surface area (Å²) in [5.74, 6) is -9.67. The number of urea groups is 1. The van der Waals surface area contributed by atoms with Gasteiger partial charge in [-0.25, -0.2) is 4.79 Å². The lowest BCUT2D eigenvalue weighted by atomic mass is 9.99. The van der Waals surface area contributed by atoms with Crippen molar-refractivity contribution < 1.29 is 67.7 Å². The van der Waals surface area contributed by atoms with Crippen molar-refractivity contribution in [2.75, 3.05) is 33.3 Å². The van der Waals surface area contributed by atoms with Gasteiger partial charge in [-0.2, -0.15) is 0 Å². The van der Waals surface area contributed by atoms with Gasteiger partial charge < -0.3 is 90.8 Å². The van der Waals surface area contributed by atoms with Gasteiger partial charge in [0.2, 0.25) is 65.0 Å². The molecule has 103 heavy (non-hydrogen) atoms. The molecule has 31 nitrogen and oxygen atoms in total. The molecule has 5 aromatic rings. The second kappa shape index (κ2) is 39.9. The number of rotatable bonds is 38. The minimum absolute atomic E-state index is 0.00218. The fourth-order valence-corrected chi connectivity index (χ4v) is 11.8. The maximum absolute atomic E-state index is 15.1. The number of guanidine groups is 1. The third-order valence-electron chi connectivity index (χ3n) is 17.1. The van der Waals surface area contributed by atoms with Crippen molar-refractivity contribution in [3.05, 3.63) is 143 Å². The highest BCUT2D eigenvalue weighted by Crippen LogP contribution is 2.23. The van der Waals surface area contributed by atoms with E-state index >= 15 is 4.79 Å². The number of phenols is 1. The molecule has 0 unspecified atom stereocenters. The number of nitrogens with two attached hydrogens (primary N) is 4. The maximum atomic E-state index is 15.1. The Morgan fingerprint density at radius 2 is 1.16 bits per heavy atom. The number of aliphatic hydroxyl groups is 1. The number of nitrogens with one attached hydrogen (secondary N) is 9. The van der Waals surface area contributed by atoms with E-state index in [1.54, 1.807) is 50.2 Å². The van der Waals surface area contributed by atoms with Crippen LogP contribution in [0, 0.1) is 5.92 Å². The summed E-state index contributed by atoms with van der Waals surface area (Å²) >= 11 is 6.24.